The van der Waals surface area contributed by atoms with Crippen molar-refractivity contribution < 1.29 is 4.39 Å². The monoisotopic (exact) mass is 356 g/mol. The van der Waals surface area contributed by atoms with Crippen molar-refractivity contribution >= 4 is 17.0 Å². The fourth-order valence-electron chi connectivity index (χ4n) is 2.98. The van der Waals surface area contributed by atoms with Gasteiger partial charge in [-0.1, -0.05) is 0 Å². The van der Waals surface area contributed by atoms with Crippen LogP contribution in [-0.2, 0) is 0 Å². The largest absolute Gasteiger partial charge is 0.338 e. The molecule has 1 saturated heterocycles. The van der Waals surface area contributed by atoms with E-state index in [4.69, 9.17) is 0 Å². The summed E-state index contributed by atoms with van der Waals surface area (Å²) in [6.45, 7) is 3.34. The third-order valence-corrected chi connectivity index (χ3v) is 4.51. The SMILES string of the molecule is CN1CCN(c2ncc3c(=O)n(-c4ccc(F)cc4)c(=O)[nH]c3n2)CC1. The van der Waals surface area contributed by atoms with Crippen molar-refractivity contribution in [1.29, 1.82) is 0 Å². The van der Waals surface area contributed by atoms with E-state index in [0.29, 0.717) is 5.95 Å². The number of rotatable bonds is 2. The Kier molecular flexibility index (Phi) is 4.00. The molecule has 0 spiro atoms. The van der Waals surface area contributed by atoms with Gasteiger partial charge in [-0.3, -0.25) is 9.78 Å². The van der Waals surface area contributed by atoms with Crippen molar-refractivity contribution in [3.8, 4) is 5.69 Å². The summed E-state index contributed by atoms with van der Waals surface area (Å²) < 4.78 is 14.0. The predicted molar refractivity (Wildman–Crippen MR) is 95.4 cm³/mol. The second-order valence-corrected chi connectivity index (χ2v) is 6.27. The van der Waals surface area contributed by atoms with E-state index in [9.17, 15) is 14.0 Å². The van der Waals surface area contributed by atoms with Gasteiger partial charge in [0.25, 0.3) is 5.56 Å². The number of aromatic nitrogens is 4. The first kappa shape index (κ1) is 16.4. The number of H-pyrrole nitrogens is 1. The highest BCUT2D eigenvalue weighted by Gasteiger charge is 2.18. The highest BCUT2D eigenvalue weighted by atomic mass is 19.1. The number of likely N-dealkylation sites (N-methyl/N-ethyl adjacent to an activating group) is 1. The lowest BCUT2D eigenvalue weighted by atomic mass is 10.3. The molecule has 1 aliphatic rings. The van der Waals surface area contributed by atoms with Gasteiger partial charge < -0.3 is 9.80 Å². The number of nitrogens with zero attached hydrogens (tertiary/aromatic N) is 5. The Bertz CT molecular complexity index is 1070. The van der Waals surface area contributed by atoms with Gasteiger partial charge in [-0.2, -0.15) is 4.98 Å². The Hall–Kier alpha value is -3.07. The standard InChI is InChI=1S/C17H17FN6O2/c1-22-6-8-23(9-7-22)16-19-10-13-14(20-16)21-17(26)24(15(13)25)12-4-2-11(18)3-5-12/h2-5,10H,6-9H2,1H3,(H,19,20,21,26). The minimum atomic E-state index is -0.628. The van der Waals surface area contributed by atoms with Crippen LogP contribution in [0.2, 0.25) is 0 Å². The minimum absolute atomic E-state index is 0.197. The molecule has 1 aromatic carbocycles. The molecule has 0 atom stereocenters. The lowest BCUT2D eigenvalue weighted by Crippen LogP contribution is -2.45. The molecule has 3 aromatic rings. The second kappa shape index (κ2) is 6.34. The van der Waals surface area contributed by atoms with E-state index in [1.54, 1.807) is 0 Å². The summed E-state index contributed by atoms with van der Waals surface area (Å²) in [5.41, 5.74) is -0.692. The molecule has 9 heteroatoms. The molecule has 134 valence electrons. The Morgan fingerprint density at radius 2 is 1.77 bits per heavy atom. The molecule has 1 N–H and O–H groups in total. The minimum Gasteiger partial charge on any atom is -0.338 e. The Balaban J connectivity index is 1.79. The zero-order valence-electron chi connectivity index (χ0n) is 14.1. The molecule has 0 saturated carbocycles. The number of benzene rings is 1. The number of fused-ring (bicyclic) bond motifs is 1. The molecule has 8 nitrogen and oxygen atoms in total. The first-order chi connectivity index (χ1) is 12.5. The number of aromatic amines is 1. The molecule has 1 aliphatic heterocycles. The molecule has 0 unspecified atom stereocenters. The molecular formula is C17H17FN6O2. The van der Waals surface area contributed by atoms with Gasteiger partial charge in [-0.25, -0.2) is 18.7 Å². The summed E-state index contributed by atoms with van der Waals surface area (Å²) in [5, 5.41) is 0.201. The van der Waals surface area contributed by atoms with Crippen LogP contribution in [0.15, 0.2) is 40.1 Å². The quantitative estimate of drug-likeness (QED) is 0.713. The van der Waals surface area contributed by atoms with Crippen LogP contribution in [0.5, 0.6) is 0 Å². The summed E-state index contributed by atoms with van der Waals surface area (Å²) in [6, 6.07) is 5.13. The molecule has 0 radical (unpaired) electrons. The number of piperazine rings is 1. The van der Waals surface area contributed by atoms with Gasteiger partial charge in [0, 0.05) is 32.4 Å². The third-order valence-electron chi connectivity index (χ3n) is 4.51. The molecule has 0 amide bonds. The van der Waals surface area contributed by atoms with Crippen LogP contribution < -0.4 is 16.1 Å². The van der Waals surface area contributed by atoms with Crippen LogP contribution >= 0.6 is 0 Å². The molecule has 1 fully saturated rings. The summed E-state index contributed by atoms with van der Waals surface area (Å²) in [7, 11) is 2.05. The van der Waals surface area contributed by atoms with Crippen molar-refractivity contribution in [1.82, 2.24) is 24.4 Å². The summed E-state index contributed by atoms with van der Waals surface area (Å²) in [5.74, 6) is 0.0411. The van der Waals surface area contributed by atoms with E-state index in [2.05, 4.69) is 19.9 Å². The molecule has 0 aliphatic carbocycles. The summed E-state index contributed by atoms with van der Waals surface area (Å²) in [6.07, 6.45) is 1.42. The molecular weight excluding hydrogens is 339 g/mol. The van der Waals surface area contributed by atoms with Gasteiger partial charge >= 0.3 is 5.69 Å². The summed E-state index contributed by atoms with van der Waals surface area (Å²) in [4.78, 5) is 40.6. The van der Waals surface area contributed by atoms with Gasteiger partial charge in [0.2, 0.25) is 5.95 Å². The van der Waals surface area contributed by atoms with E-state index in [-0.39, 0.29) is 16.7 Å². The van der Waals surface area contributed by atoms with Crippen molar-refractivity contribution in [2.45, 2.75) is 0 Å². The highest BCUT2D eigenvalue weighted by Crippen LogP contribution is 2.13. The predicted octanol–water partition coefficient (Wildman–Crippen LogP) is 0.360. The number of nitrogens with one attached hydrogen (secondary N) is 1. The Morgan fingerprint density at radius 3 is 2.46 bits per heavy atom. The average molecular weight is 356 g/mol. The van der Waals surface area contributed by atoms with Crippen molar-refractivity contribution in [3.05, 3.63) is 57.1 Å². The third kappa shape index (κ3) is 2.86. The van der Waals surface area contributed by atoms with Crippen LogP contribution in [0.3, 0.4) is 0 Å². The lowest BCUT2D eigenvalue weighted by molar-refractivity contribution is 0.311. The first-order valence-electron chi connectivity index (χ1n) is 8.24. The van der Waals surface area contributed by atoms with Crippen LogP contribution in [0, 0.1) is 5.82 Å². The van der Waals surface area contributed by atoms with Crippen LogP contribution in [0.25, 0.3) is 16.7 Å². The molecule has 4 rings (SSSR count). The zero-order chi connectivity index (χ0) is 18.3. The topological polar surface area (TPSA) is 87.1 Å². The van der Waals surface area contributed by atoms with Crippen LogP contribution in [-0.4, -0.2) is 57.6 Å². The van der Waals surface area contributed by atoms with E-state index in [1.165, 1.54) is 30.5 Å². The van der Waals surface area contributed by atoms with Gasteiger partial charge in [0.05, 0.1) is 5.69 Å². The molecule has 26 heavy (non-hydrogen) atoms. The van der Waals surface area contributed by atoms with Crippen molar-refractivity contribution in [3.63, 3.8) is 0 Å². The smallest absolute Gasteiger partial charge is 0.334 e. The maximum atomic E-state index is 13.1. The van der Waals surface area contributed by atoms with Crippen LogP contribution in [0.4, 0.5) is 10.3 Å². The van der Waals surface area contributed by atoms with E-state index >= 15 is 0 Å². The first-order valence-corrected chi connectivity index (χ1v) is 8.24. The number of halogens is 1. The zero-order valence-corrected chi connectivity index (χ0v) is 14.1. The van der Waals surface area contributed by atoms with Crippen molar-refractivity contribution in [2.24, 2.45) is 0 Å². The maximum absolute atomic E-state index is 13.1. The molecule has 0 bridgehead atoms. The fraction of sp³-hybridized carbons (Fsp3) is 0.294. The fourth-order valence-corrected chi connectivity index (χ4v) is 2.98. The van der Waals surface area contributed by atoms with E-state index in [1.807, 2.05) is 11.9 Å². The maximum Gasteiger partial charge on any atom is 0.334 e. The number of hydrogen-bond acceptors (Lipinski definition) is 6. The van der Waals surface area contributed by atoms with Crippen molar-refractivity contribution in [2.75, 3.05) is 38.1 Å². The second-order valence-electron chi connectivity index (χ2n) is 6.27. The van der Waals surface area contributed by atoms with E-state index in [0.717, 1.165) is 30.7 Å². The van der Waals surface area contributed by atoms with Gasteiger partial charge in [0.15, 0.2) is 5.65 Å². The van der Waals surface area contributed by atoms with Gasteiger partial charge in [-0.05, 0) is 31.3 Å². The average Bonchev–Trinajstić information content (AvgIpc) is 2.63. The van der Waals surface area contributed by atoms with E-state index < -0.39 is 17.1 Å². The number of hydrogen-bond donors (Lipinski definition) is 1. The van der Waals surface area contributed by atoms with Gasteiger partial charge in [0.1, 0.15) is 11.2 Å². The lowest BCUT2D eigenvalue weighted by Gasteiger charge is -2.32. The van der Waals surface area contributed by atoms with Crippen LogP contribution in [0.1, 0.15) is 0 Å². The normalized spacial score (nSPS) is 15.5. The molecule has 2 aromatic heterocycles. The Morgan fingerprint density at radius 1 is 1.08 bits per heavy atom. The Labute approximate surface area is 147 Å². The molecule has 3 heterocycles. The van der Waals surface area contributed by atoms with Gasteiger partial charge in [-0.15, -0.1) is 0 Å². The number of anilines is 1. The highest BCUT2D eigenvalue weighted by molar-refractivity contribution is 5.73. The summed E-state index contributed by atoms with van der Waals surface area (Å²) >= 11 is 0.